The number of ether oxygens (including phenoxy) is 3. The van der Waals surface area contributed by atoms with E-state index in [1.165, 1.54) is 13.2 Å². The van der Waals surface area contributed by atoms with E-state index in [4.69, 9.17) is 18.6 Å². The third kappa shape index (κ3) is 10.3. The predicted octanol–water partition coefficient (Wildman–Crippen LogP) is 6.80. The Bertz CT molecular complexity index is 1220. The van der Waals surface area contributed by atoms with Crippen LogP contribution in [0, 0.1) is 17.7 Å². The molecule has 1 aromatic heterocycles. The molecule has 39 heavy (non-hydrogen) atoms. The summed E-state index contributed by atoms with van der Waals surface area (Å²) in [5, 5.41) is 2.86. The number of amides is 1. The number of rotatable bonds is 9. The van der Waals surface area contributed by atoms with E-state index >= 15 is 0 Å². The van der Waals surface area contributed by atoms with Gasteiger partial charge in [-0.3, -0.25) is 5.32 Å². The Kier molecular flexibility index (Phi) is 11.1. The van der Waals surface area contributed by atoms with Crippen LogP contribution < -0.4 is 10.1 Å². The number of nitrogens with one attached hydrogen (secondary N) is 1. The molecule has 2 rings (SSSR count). The lowest BCUT2D eigenvalue weighted by atomic mass is 10.2. The Labute approximate surface area is 235 Å². The summed E-state index contributed by atoms with van der Waals surface area (Å²) in [6.07, 6.45) is 0.218. The molecule has 11 heteroatoms. The fourth-order valence-corrected chi connectivity index (χ4v) is 4.75. The van der Waals surface area contributed by atoms with Crippen molar-refractivity contribution in [3.05, 3.63) is 40.2 Å². The van der Waals surface area contributed by atoms with Crippen LogP contribution in [0.15, 0.2) is 18.2 Å². The summed E-state index contributed by atoms with van der Waals surface area (Å²) in [6, 6.07) is 4.58. The molecule has 214 valence electrons. The van der Waals surface area contributed by atoms with Crippen molar-refractivity contribution in [2.24, 2.45) is 0 Å². The van der Waals surface area contributed by atoms with Crippen LogP contribution in [0.25, 0.3) is 0 Å². The van der Waals surface area contributed by atoms with Gasteiger partial charge in [0.1, 0.15) is 5.60 Å². The van der Waals surface area contributed by atoms with Gasteiger partial charge in [0.05, 0.1) is 20.3 Å². The Hall–Kier alpha value is -2.94. The number of benzene rings is 1. The zero-order valence-electron chi connectivity index (χ0n) is 24.2. The highest BCUT2D eigenvalue weighted by Gasteiger charge is 2.36. The quantitative estimate of drug-likeness (QED) is 0.151. The van der Waals surface area contributed by atoms with Gasteiger partial charge in [0.2, 0.25) is 0 Å². The zero-order valence-corrected chi connectivity index (χ0v) is 26.1. The first kappa shape index (κ1) is 32.3. The van der Waals surface area contributed by atoms with Crippen LogP contribution in [0.4, 0.5) is 14.3 Å². The third-order valence-corrected chi connectivity index (χ3v) is 11.5. The van der Waals surface area contributed by atoms with Gasteiger partial charge in [-0.1, -0.05) is 32.6 Å². The minimum Gasteiger partial charge on any atom is -0.491 e. The molecular formula is C28H39FN2O6SSi. The first-order valence-electron chi connectivity index (χ1n) is 12.7. The minimum atomic E-state index is -1.88. The number of thiazole rings is 1. The number of carbonyl (C=O) groups excluding carboxylic acids is 2. The highest BCUT2D eigenvalue weighted by atomic mass is 32.1. The first-order chi connectivity index (χ1) is 18.0. The number of hydrogen-bond acceptors (Lipinski definition) is 8. The van der Waals surface area contributed by atoms with E-state index in [0.29, 0.717) is 29.9 Å². The number of anilines is 1. The average Bonchev–Trinajstić information content (AvgIpc) is 3.20. The lowest BCUT2D eigenvalue weighted by molar-refractivity contribution is 0.0589. The summed E-state index contributed by atoms with van der Waals surface area (Å²) < 4.78 is 36.3. The molecule has 1 N–H and O–H groups in total. The Balaban J connectivity index is 1.94. The second-order valence-electron chi connectivity index (χ2n) is 11.4. The summed E-state index contributed by atoms with van der Waals surface area (Å²) in [5.74, 6) is 4.90. The lowest BCUT2D eigenvalue weighted by Crippen LogP contribution is -2.40. The molecule has 0 unspecified atom stereocenters. The molecule has 0 radical (unpaired) electrons. The van der Waals surface area contributed by atoms with E-state index in [1.54, 1.807) is 32.9 Å². The van der Waals surface area contributed by atoms with E-state index in [0.717, 1.165) is 11.3 Å². The summed E-state index contributed by atoms with van der Waals surface area (Å²) in [6.45, 7) is 16.6. The van der Waals surface area contributed by atoms with E-state index in [-0.39, 0.29) is 28.2 Å². The van der Waals surface area contributed by atoms with Crippen LogP contribution in [0.3, 0.4) is 0 Å². The van der Waals surface area contributed by atoms with Gasteiger partial charge >= 0.3 is 12.1 Å². The van der Waals surface area contributed by atoms with Gasteiger partial charge in [0.25, 0.3) is 0 Å². The second-order valence-corrected chi connectivity index (χ2v) is 17.3. The topological polar surface area (TPSA) is 96.0 Å². The van der Waals surface area contributed by atoms with E-state index in [1.807, 2.05) is 0 Å². The van der Waals surface area contributed by atoms with Crippen LogP contribution in [0.2, 0.25) is 18.1 Å². The maximum atomic E-state index is 14.6. The minimum absolute atomic E-state index is 0.0972. The summed E-state index contributed by atoms with van der Waals surface area (Å²) in [5.41, 5.74) is -0.0254. The van der Waals surface area contributed by atoms with Gasteiger partial charge in [0, 0.05) is 10.4 Å². The van der Waals surface area contributed by atoms with Crippen LogP contribution in [-0.2, 0) is 20.3 Å². The molecule has 0 saturated heterocycles. The molecular weight excluding hydrogens is 539 g/mol. The number of esters is 1. The van der Waals surface area contributed by atoms with Crippen LogP contribution in [0.1, 0.15) is 68.9 Å². The van der Waals surface area contributed by atoms with E-state index in [9.17, 15) is 14.0 Å². The summed E-state index contributed by atoms with van der Waals surface area (Å²) in [7, 11) is -0.625. The molecule has 0 saturated carbocycles. The fourth-order valence-electron chi connectivity index (χ4n) is 2.90. The van der Waals surface area contributed by atoms with Crippen LogP contribution >= 0.6 is 11.3 Å². The van der Waals surface area contributed by atoms with Crippen molar-refractivity contribution in [2.45, 2.75) is 78.1 Å². The average molecular weight is 579 g/mol. The van der Waals surface area contributed by atoms with Crippen molar-refractivity contribution in [2.75, 3.05) is 25.6 Å². The predicted molar refractivity (Wildman–Crippen MR) is 154 cm³/mol. The number of hydrogen-bond donors (Lipinski definition) is 1. The molecule has 1 aromatic carbocycles. The summed E-state index contributed by atoms with van der Waals surface area (Å²) in [4.78, 5) is 29.0. The van der Waals surface area contributed by atoms with Gasteiger partial charge in [-0.05, 0) is 69.9 Å². The molecule has 1 heterocycles. The number of aryl methyl sites for hydroxylation is 1. The normalized spacial score (nSPS) is 11.8. The zero-order chi connectivity index (χ0) is 29.4. The van der Waals surface area contributed by atoms with E-state index in [2.05, 4.69) is 56.0 Å². The van der Waals surface area contributed by atoms with Gasteiger partial charge in [-0.25, -0.2) is 19.0 Å². The SMILES string of the molecule is COC(=O)c1nc(NC(=O)OC(C)(C)C)sc1CCCOc1ccc(C#CCO[Si](C)(C)C(C)(C)C)cc1F. The number of nitrogens with zero attached hydrogens (tertiary/aromatic N) is 1. The van der Waals surface area contributed by atoms with Crippen molar-refractivity contribution in [1.82, 2.24) is 4.98 Å². The lowest BCUT2D eigenvalue weighted by Gasteiger charge is -2.35. The molecule has 1 amide bonds. The van der Waals surface area contributed by atoms with Gasteiger partial charge < -0.3 is 18.6 Å². The molecule has 0 aliphatic carbocycles. The number of methoxy groups -OCH3 is 1. The monoisotopic (exact) mass is 578 g/mol. The molecule has 0 aliphatic heterocycles. The largest absolute Gasteiger partial charge is 0.491 e. The molecule has 0 bridgehead atoms. The fraction of sp³-hybridized carbons (Fsp3) is 0.536. The van der Waals surface area contributed by atoms with Crippen LogP contribution in [0.5, 0.6) is 5.75 Å². The Morgan fingerprint density at radius 2 is 1.85 bits per heavy atom. The van der Waals surface area contributed by atoms with Crippen molar-refractivity contribution in [3.63, 3.8) is 0 Å². The van der Waals surface area contributed by atoms with Crippen molar-refractivity contribution >= 4 is 36.8 Å². The first-order valence-corrected chi connectivity index (χ1v) is 16.4. The Morgan fingerprint density at radius 1 is 1.15 bits per heavy atom. The van der Waals surface area contributed by atoms with E-state index < -0.39 is 31.8 Å². The number of halogens is 1. The third-order valence-electron chi connectivity index (χ3n) is 5.97. The number of aromatic nitrogens is 1. The highest BCUT2D eigenvalue weighted by molar-refractivity contribution is 7.16. The molecule has 0 spiro atoms. The molecule has 2 aromatic rings. The molecule has 0 aliphatic rings. The highest BCUT2D eigenvalue weighted by Crippen LogP contribution is 2.36. The standard InChI is InChI=1S/C28H39FN2O6SSi/c1-27(2,3)37-26(33)31-25-30-23(24(32)34-7)22(38-25)13-11-16-35-21-15-14-19(18-20(21)29)12-10-17-36-39(8,9)28(4,5)6/h14-15,18H,11,13,16-17H2,1-9H3,(H,30,31,33). The number of carbonyl (C=O) groups is 2. The van der Waals surface area contributed by atoms with Gasteiger partial charge in [-0.15, -0.1) is 11.3 Å². The van der Waals surface area contributed by atoms with Crippen molar-refractivity contribution in [3.8, 4) is 17.6 Å². The molecule has 8 nitrogen and oxygen atoms in total. The smallest absolute Gasteiger partial charge is 0.413 e. The van der Waals surface area contributed by atoms with Crippen molar-refractivity contribution in [1.29, 1.82) is 0 Å². The van der Waals surface area contributed by atoms with Gasteiger partial charge in [-0.2, -0.15) is 0 Å². The second kappa shape index (κ2) is 13.4. The van der Waals surface area contributed by atoms with Crippen molar-refractivity contribution < 1.29 is 32.6 Å². The van der Waals surface area contributed by atoms with Crippen LogP contribution in [-0.4, -0.2) is 51.3 Å². The molecule has 0 fully saturated rings. The maximum absolute atomic E-state index is 14.6. The summed E-state index contributed by atoms with van der Waals surface area (Å²) >= 11 is 1.14. The Morgan fingerprint density at radius 3 is 2.44 bits per heavy atom. The maximum Gasteiger partial charge on any atom is 0.413 e. The van der Waals surface area contributed by atoms with Gasteiger partial charge in [0.15, 0.2) is 30.7 Å². The molecule has 0 atom stereocenters.